The molecule has 0 bridgehead atoms. The van der Waals surface area contributed by atoms with Crippen molar-refractivity contribution >= 4 is 44.7 Å². The number of anilines is 1. The van der Waals surface area contributed by atoms with Crippen LogP contribution in [0.3, 0.4) is 0 Å². The summed E-state index contributed by atoms with van der Waals surface area (Å²) in [5, 5.41) is 3.87. The van der Waals surface area contributed by atoms with Crippen LogP contribution in [-0.2, 0) is 16.2 Å². The summed E-state index contributed by atoms with van der Waals surface area (Å²) in [6, 6.07) is 4.81. The third-order valence-corrected chi connectivity index (χ3v) is 8.15. The molecule has 0 unspecified atom stereocenters. The highest BCUT2D eigenvalue weighted by molar-refractivity contribution is 7.99. The number of halogens is 3. The third kappa shape index (κ3) is 4.37. The van der Waals surface area contributed by atoms with Crippen molar-refractivity contribution < 1.29 is 26.4 Å². The van der Waals surface area contributed by atoms with Gasteiger partial charge in [-0.25, -0.2) is 8.42 Å². The lowest BCUT2D eigenvalue weighted by Crippen LogP contribution is -2.38. The molecule has 1 aliphatic rings. The molecule has 1 aromatic carbocycles. The Kier molecular flexibility index (Phi) is 6.08. The van der Waals surface area contributed by atoms with E-state index in [2.05, 4.69) is 5.32 Å². The number of hydrogen-bond acceptors (Lipinski definition) is 5. The van der Waals surface area contributed by atoms with Crippen LogP contribution in [0.4, 0.5) is 18.9 Å². The van der Waals surface area contributed by atoms with E-state index in [1.807, 2.05) is 0 Å². The van der Waals surface area contributed by atoms with E-state index in [0.29, 0.717) is 24.6 Å². The lowest BCUT2D eigenvalue weighted by atomic mass is 10.1. The summed E-state index contributed by atoms with van der Waals surface area (Å²) in [5.41, 5.74) is -0.864. The average molecular weight is 451 g/mol. The zero-order chi connectivity index (χ0) is 20.5. The van der Waals surface area contributed by atoms with Gasteiger partial charge in [-0.1, -0.05) is 6.07 Å². The zero-order valence-electron chi connectivity index (χ0n) is 14.7. The van der Waals surface area contributed by atoms with Gasteiger partial charge in [0.25, 0.3) is 5.91 Å². The molecule has 1 saturated heterocycles. The summed E-state index contributed by atoms with van der Waals surface area (Å²) in [5.74, 6) is 0.597. The van der Waals surface area contributed by atoms with E-state index >= 15 is 0 Å². The molecule has 1 N–H and O–H groups in total. The summed E-state index contributed by atoms with van der Waals surface area (Å²) in [6.07, 6.45) is -4.55. The second kappa shape index (κ2) is 8.05. The summed E-state index contributed by atoms with van der Waals surface area (Å²) in [6.45, 7) is 2.04. The second-order valence-electron chi connectivity index (χ2n) is 6.11. The van der Waals surface area contributed by atoms with Crippen molar-refractivity contribution in [3.05, 3.63) is 45.6 Å². The van der Waals surface area contributed by atoms with Gasteiger partial charge in [0.05, 0.1) is 5.56 Å². The minimum atomic E-state index is -4.55. The molecule has 5 nitrogen and oxygen atoms in total. The van der Waals surface area contributed by atoms with Crippen LogP contribution in [0.5, 0.6) is 0 Å². The number of nitrogens with zero attached hydrogens (tertiary/aromatic N) is 1. The average Bonchev–Trinajstić information content (AvgIpc) is 3.14. The van der Waals surface area contributed by atoms with Crippen molar-refractivity contribution in [2.75, 3.05) is 29.9 Å². The number of thioether (sulfide) groups is 1. The molecule has 0 saturated carbocycles. The molecule has 1 amide bonds. The van der Waals surface area contributed by atoms with Crippen LogP contribution in [-0.4, -0.2) is 43.2 Å². The first kappa shape index (κ1) is 21.2. The summed E-state index contributed by atoms with van der Waals surface area (Å²) >= 11 is 2.59. The fourth-order valence-corrected chi connectivity index (χ4v) is 6.66. The molecule has 11 heteroatoms. The van der Waals surface area contributed by atoms with Crippen molar-refractivity contribution in [1.82, 2.24) is 4.31 Å². The van der Waals surface area contributed by atoms with Gasteiger partial charge in [-0.3, -0.25) is 4.79 Å². The number of thiophene rings is 1. The molecule has 0 radical (unpaired) electrons. The number of carbonyl (C=O) groups is 1. The Bertz CT molecular complexity index is 981. The van der Waals surface area contributed by atoms with Gasteiger partial charge in [-0.05, 0) is 36.1 Å². The first-order chi connectivity index (χ1) is 13.1. The molecule has 1 aliphatic heterocycles. The molecule has 1 fully saturated rings. The number of nitrogens with one attached hydrogen (secondary N) is 1. The minimum Gasteiger partial charge on any atom is -0.321 e. The Labute approximate surface area is 169 Å². The molecular weight excluding hydrogens is 433 g/mol. The number of rotatable bonds is 4. The molecule has 0 atom stereocenters. The maximum absolute atomic E-state index is 13.1. The van der Waals surface area contributed by atoms with Crippen LogP contribution in [0.2, 0.25) is 0 Å². The van der Waals surface area contributed by atoms with Crippen LogP contribution >= 0.6 is 23.1 Å². The predicted molar refractivity (Wildman–Crippen MR) is 105 cm³/mol. The van der Waals surface area contributed by atoms with Gasteiger partial charge in [0, 0.05) is 30.3 Å². The number of sulfonamides is 1. The molecule has 0 aliphatic carbocycles. The van der Waals surface area contributed by atoms with Crippen molar-refractivity contribution in [3.8, 4) is 0 Å². The topological polar surface area (TPSA) is 66.5 Å². The van der Waals surface area contributed by atoms with Crippen molar-refractivity contribution in [2.45, 2.75) is 18.0 Å². The Hall–Kier alpha value is -1.56. The van der Waals surface area contributed by atoms with E-state index in [-0.39, 0.29) is 21.0 Å². The van der Waals surface area contributed by atoms with Crippen molar-refractivity contribution in [1.29, 1.82) is 0 Å². The van der Waals surface area contributed by atoms with Crippen LogP contribution in [0.15, 0.2) is 34.5 Å². The van der Waals surface area contributed by atoms with E-state index < -0.39 is 27.7 Å². The fourth-order valence-electron chi connectivity index (χ4n) is 2.79. The second-order valence-corrected chi connectivity index (χ2v) is 10.2. The molecule has 2 heterocycles. The van der Waals surface area contributed by atoms with E-state index in [1.165, 1.54) is 34.8 Å². The van der Waals surface area contributed by atoms with E-state index in [0.717, 1.165) is 17.4 Å². The number of amides is 1. The van der Waals surface area contributed by atoms with Gasteiger partial charge < -0.3 is 5.32 Å². The highest BCUT2D eigenvalue weighted by atomic mass is 32.2. The van der Waals surface area contributed by atoms with Crippen LogP contribution < -0.4 is 5.32 Å². The van der Waals surface area contributed by atoms with E-state index in [9.17, 15) is 26.4 Å². The van der Waals surface area contributed by atoms with Crippen LogP contribution in [0, 0.1) is 6.92 Å². The smallest absolute Gasteiger partial charge is 0.321 e. The van der Waals surface area contributed by atoms with Crippen LogP contribution in [0.25, 0.3) is 0 Å². The van der Waals surface area contributed by atoms with Crippen molar-refractivity contribution in [3.63, 3.8) is 0 Å². The van der Waals surface area contributed by atoms with Crippen molar-refractivity contribution in [2.24, 2.45) is 0 Å². The lowest BCUT2D eigenvalue weighted by Gasteiger charge is -2.25. The Morgan fingerprint density at radius 2 is 1.86 bits per heavy atom. The lowest BCUT2D eigenvalue weighted by molar-refractivity contribution is -0.138. The van der Waals surface area contributed by atoms with E-state index in [1.54, 1.807) is 11.8 Å². The zero-order valence-corrected chi connectivity index (χ0v) is 17.2. The molecule has 152 valence electrons. The Morgan fingerprint density at radius 3 is 2.50 bits per heavy atom. The highest BCUT2D eigenvalue weighted by Crippen LogP contribution is 2.34. The van der Waals surface area contributed by atoms with Gasteiger partial charge in [0.2, 0.25) is 10.0 Å². The quantitative estimate of drug-likeness (QED) is 0.763. The monoisotopic (exact) mass is 450 g/mol. The third-order valence-electron chi connectivity index (χ3n) is 4.22. The largest absolute Gasteiger partial charge is 0.416 e. The number of hydrogen-bond donors (Lipinski definition) is 1. The summed E-state index contributed by atoms with van der Waals surface area (Å²) in [4.78, 5) is 12.4. The molecular formula is C17H17F3N2O3S3. The highest BCUT2D eigenvalue weighted by Gasteiger charge is 2.33. The molecule has 1 aromatic heterocycles. The molecule has 3 rings (SSSR count). The predicted octanol–water partition coefficient (Wildman–Crippen LogP) is 4.07. The number of benzene rings is 1. The summed E-state index contributed by atoms with van der Waals surface area (Å²) < 4.78 is 66.2. The number of carbonyl (C=O) groups excluding carboxylic acids is 1. The fraction of sp³-hybridized carbons (Fsp3) is 0.353. The maximum atomic E-state index is 13.1. The number of alkyl halides is 3. The van der Waals surface area contributed by atoms with E-state index in [4.69, 9.17) is 0 Å². The minimum absolute atomic E-state index is 0.0351. The first-order valence-corrected chi connectivity index (χ1v) is 11.7. The number of aryl methyl sites for hydroxylation is 1. The molecule has 2 aromatic rings. The van der Waals surface area contributed by atoms with Crippen LogP contribution in [0.1, 0.15) is 20.8 Å². The maximum Gasteiger partial charge on any atom is 0.416 e. The normalized spacial score (nSPS) is 16.1. The van der Waals surface area contributed by atoms with Gasteiger partial charge in [0.15, 0.2) is 0 Å². The van der Waals surface area contributed by atoms with Gasteiger partial charge in [-0.15, -0.1) is 11.3 Å². The Balaban J connectivity index is 1.87. The standard InChI is InChI=1S/C17H17F3N2O3S3/c1-11-2-3-12(10-13(11)17(18,19)20)21-16(23)15-14(4-7-27-15)28(24,25)22-5-8-26-9-6-22/h2-4,7,10H,5-6,8-9H2,1H3,(H,21,23). The Morgan fingerprint density at radius 1 is 1.18 bits per heavy atom. The van der Waals surface area contributed by atoms with Gasteiger partial charge in [0.1, 0.15) is 9.77 Å². The van der Waals surface area contributed by atoms with Gasteiger partial charge >= 0.3 is 6.18 Å². The SMILES string of the molecule is Cc1ccc(NC(=O)c2sccc2S(=O)(=O)N2CCSCC2)cc1C(F)(F)F. The first-order valence-electron chi connectivity index (χ1n) is 8.25. The molecule has 0 spiro atoms. The summed E-state index contributed by atoms with van der Waals surface area (Å²) in [7, 11) is -3.84. The van der Waals surface area contributed by atoms with Gasteiger partial charge in [-0.2, -0.15) is 29.2 Å². The molecule has 28 heavy (non-hydrogen) atoms.